The predicted molar refractivity (Wildman–Crippen MR) is 53.3 cm³/mol. The molecule has 1 aromatic heterocycles. The molecule has 0 saturated heterocycles. The Kier molecular flexibility index (Phi) is 3.38. The Morgan fingerprint density at radius 1 is 1.40 bits per heavy atom. The Morgan fingerprint density at radius 3 is 2.60 bits per heavy atom. The van der Waals surface area contributed by atoms with Crippen molar-refractivity contribution < 1.29 is 17.8 Å². The summed E-state index contributed by atoms with van der Waals surface area (Å²) in [6.45, 7) is 1.74. The molecule has 82 valence electrons. The summed E-state index contributed by atoms with van der Waals surface area (Å²) < 4.78 is 22.7. The third-order valence-electron chi connectivity index (χ3n) is 1.63. The predicted octanol–water partition coefficient (Wildman–Crippen LogP) is -0.696. The van der Waals surface area contributed by atoms with Gasteiger partial charge in [-0.1, -0.05) is 10.9 Å². The Morgan fingerprint density at radius 2 is 2.07 bits per heavy atom. The zero-order chi connectivity index (χ0) is 11.5. The van der Waals surface area contributed by atoms with Gasteiger partial charge in [-0.25, -0.2) is 8.42 Å². The minimum Gasteiger partial charge on any atom is -0.209 e. The monoisotopic (exact) mass is 230 g/mol. The van der Waals surface area contributed by atoms with Crippen LogP contribution in [0.15, 0.2) is 24.4 Å². The largest absolute Gasteiger partial charge is 0.515 e. The van der Waals surface area contributed by atoms with Crippen LogP contribution in [0.4, 0.5) is 4.79 Å². The number of sulfonamides is 1. The van der Waals surface area contributed by atoms with Gasteiger partial charge in [-0.05, 0) is 19.1 Å². The fourth-order valence-corrected chi connectivity index (χ4v) is 1.23. The zero-order valence-electron chi connectivity index (χ0n) is 8.39. The van der Waals surface area contributed by atoms with Gasteiger partial charge >= 0.3 is 6.03 Å². The molecular formula is C8H12N3O3S+. The second-order valence-electron chi connectivity index (χ2n) is 3.02. The van der Waals surface area contributed by atoms with Crippen molar-refractivity contribution in [2.24, 2.45) is 0 Å². The number of carbonyl (C=O) groups is 1. The van der Waals surface area contributed by atoms with E-state index in [4.69, 9.17) is 0 Å². The lowest BCUT2D eigenvalue weighted by Crippen LogP contribution is -2.56. The van der Waals surface area contributed by atoms with Gasteiger partial charge in [0, 0.05) is 0 Å². The van der Waals surface area contributed by atoms with E-state index in [0.29, 0.717) is 5.69 Å². The molecule has 1 heterocycles. The van der Waals surface area contributed by atoms with Crippen molar-refractivity contribution in [1.82, 2.24) is 10.3 Å². The van der Waals surface area contributed by atoms with Crippen molar-refractivity contribution in [3.8, 4) is 0 Å². The van der Waals surface area contributed by atoms with Crippen LogP contribution < -0.4 is 14.8 Å². The molecule has 0 atom stereocenters. The van der Waals surface area contributed by atoms with Gasteiger partial charge in [-0.2, -0.15) is 9.36 Å². The van der Waals surface area contributed by atoms with Crippen molar-refractivity contribution in [2.45, 2.75) is 6.92 Å². The fourth-order valence-electron chi connectivity index (χ4n) is 0.953. The molecule has 0 spiro atoms. The van der Waals surface area contributed by atoms with Crippen molar-refractivity contribution in [3.05, 3.63) is 30.1 Å². The Bertz CT molecular complexity index is 470. The lowest BCUT2D eigenvalue weighted by molar-refractivity contribution is -0.579. The highest BCUT2D eigenvalue weighted by molar-refractivity contribution is 7.88. The van der Waals surface area contributed by atoms with E-state index in [1.165, 1.54) is 10.8 Å². The molecule has 0 aliphatic heterocycles. The molecule has 1 rings (SSSR count). The van der Waals surface area contributed by atoms with E-state index in [1.54, 1.807) is 25.1 Å². The van der Waals surface area contributed by atoms with E-state index < -0.39 is 16.1 Å². The van der Waals surface area contributed by atoms with Crippen LogP contribution in [0.1, 0.15) is 5.69 Å². The maximum atomic E-state index is 11.4. The van der Waals surface area contributed by atoms with Crippen LogP contribution in [0.3, 0.4) is 0 Å². The number of hydrogen-bond donors (Lipinski definition) is 2. The van der Waals surface area contributed by atoms with E-state index in [0.717, 1.165) is 6.26 Å². The molecule has 7 heteroatoms. The SMILES string of the molecule is Cc1cccc[n+]1C(=O)NNS(C)(=O)=O. The molecule has 0 saturated carbocycles. The third-order valence-corrected chi connectivity index (χ3v) is 2.10. The average molecular weight is 230 g/mol. The molecule has 15 heavy (non-hydrogen) atoms. The molecule has 1 amide bonds. The van der Waals surface area contributed by atoms with Gasteiger partial charge in [0.2, 0.25) is 10.0 Å². The van der Waals surface area contributed by atoms with E-state index in [9.17, 15) is 13.2 Å². The number of hydrogen-bond acceptors (Lipinski definition) is 3. The summed E-state index contributed by atoms with van der Waals surface area (Å²) in [5.74, 6) is 0. The highest BCUT2D eigenvalue weighted by Crippen LogP contribution is 1.86. The van der Waals surface area contributed by atoms with Crippen LogP contribution in [0.5, 0.6) is 0 Å². The highest BCUT2D eigenvalue weighted by Gasteiger charge is 2.16. The summed E-state index contributed by atoms with van der Waals surface area (Å²) >= 11 is 0. The van der Waals surface area contributed by atoms with Crippen molar-refractivity contribution in [3.63, 3.8) is 0 Å². The molecule has 0 radical (unpaired) electrons. The van der Waals surface area contributed by atoms with Crippen LogP contribution >= 0.6 is 0 Å². The number of carbonyl (C=O) groups excluding carboxylic acids is 1. The van der Waals surface area contributed by atoms with Gasteiger partial charge in [-0.15, -0.1) is 5.43 Å². The van der Waals surface area contributed by atoms with Gasteiger partial charge in [0.1, 0.15) is 5.69 Å². The summed E-state index contributed by atoms with van der Waals surface area (Å²) in [6.07, 6.45) is 2.49. The fraction of sp³-hybridized carbons (Fsp3) is 0.250. The molecule has 0 bridgehead atoms. The van der Waals surface area contributed by atoms with Gasteiger partial charge in [0.05, 0.1) is 12.5 Å². The van der Waals surface area contributed by atoms with Crippen LogP contribution in [-0.2, 0) is 10.0 Å². The maximum Gasteiger partial charge on any atom is 0.515 e. The van der Waals surface area contributed by atoms with Crippen molar-refractivity contribution in [1.29, 1.82) is 0 Å². The number of aryl methyl sites for hydroxylation is 1. The minimum absolute atomic E-state index is 0.557. The first-order valence-corrected chi connectivity index (χ1v) is 6.04. The number of rotatable bonds is 2. The van der Waals surface area contributed by atoms with E-state index >= 15 is 0 Å². The Hall–Kier alpha value is -1.47. The Labute approximate surface area is 87.9 Å². The number of nitrogens with one attached hydrogen (secondary N) is 2. The summed E-state index contributed by atoms with van der Waals surface area (Å²) in [6, 6.07) is 4.63. The van der Waals surface area contributed by atoms with Crippen molar-refractivity contribution in [2.75, 3.05) is 6.26 Å². The van der Waals surface area contributed by atoms with Gasteiger partial charge in [0.25, 0.3) is 0 Å². The zero-order valence-corrected chi connectivity index (χ0v) is 9.21. The van der Waals surface area contributed by atoms with Gasteiger partial charge in [-0.3, -0.25) is 0 Å². The number of amides is 1. The topological polar surface area (TPSA) is 79.2 Å². The van der Waals surface area contributed by atoms with E-state index in [1.807, 2.05) is 4.83 Å². The van der Waals surface area contributed by atoms with Gasteiger partial charge in [0.15, 0.2) is 0 Å². The maximum absolute atomic E-state index is 11.4. The molecule has 0 unspecified atom stereocenters. The first-order chi connectivity index (χ1) is 6.90. The summed E-state index contributed by atoms with van der Waals surface area (Å²) in [4.78, 5) is 13.3. The molecular weight excluding hydrogens is 218 g/mol. The number of nitrogens with zero attached hydrogens (tertiary/aromatic N) is 1. The number of aromatic nitrogens is 1. The lowest BCUT2D eigenvalue weighted by Gasteiger charge is -2.00. The molecule has 1 aromatic rings. The molecule has 0 aliphatic carbocycles. The van der Waals surface area contributed by atoms with E-state index in [-0.39, 0.29) is 0 Å². The Balaban J connectivity index is 2.75. The quantitative estimate of drug-likeness (QED) is 0.521. The molecule has 0 aliphatic rings. The first kappa shape index (κ1) is 11.6. The summed E-state index contributed by atoms with van der Waals surface area (Å²) in [5, 5.41) is 0. The molecule has 2 N–H and O–H groups in total. The van der Waals surface area contributed by atoms with Crippen LogP contribution in [0.25, 0.3) is 0 Å². The molecule has 0 aromatic carbocycles. The normalized spacial score (nSPS) is 11.1. The van der Waals surface area contributed by atoms with Crippen molar-refractivity contribution >= 4 is 16.1 Å². The summed E-state index contributed by atoms with van der Waals surface area (Å²) in [5.41, 5.74) is 2.77. The lowest BCUT2D eigenvalue weighted by atomic mass is 10.4. The standard InChI is InChI=1S/C8H11N3O3S/c1-7-5-3-4-6-11(7)8(12)9-10-15(2,13)14/h3-6,10H,1-2H3/p+1. The molecule has 6 nitrogen and oxygen atoms in total. The van der Waals surface area contributed by atoms with Crippen LogP contribution in [0.2, 0.25) is 0 Å². The van der Waals surface area contributed by atoms with Gasteiger partial charge < -0.3 is 0 Å². The third kappa shape index (κ3) is 3.64. The smallest absolute Gasteiger partial charge is 0.209 e. The second kappa shape index (κ2) is 4.37. The minimum atomic E-state index is -3.44. The van der Waals surface area contributed by atoms with Crippen LogP contribution in [0, 0.1) is 6.92 Å². The van der Waals surface area contributed by atoms with E-state index in [2.05, 4.69) is 5.43 Å². The second-order valence-corrected chi connectivity index (χ2v) is 4.76. The molecule has 0 fully saturated rings. The highest BCUT2D eigenvalue weighted by atomic mass is 32.2. The van der Waals surface area contributed by atoms with Crippen LogP contribution in [-0.4, -0.2) is 20.7 Å². The number of hydrazine groups is 1. The average Bonchev–Trinajstić information content (AvgIpc) is 2.14. The number of pyridine rings is 1. The summed E-state index contributed by atoms with van der Waals surface area (Å²) in [7, 11) is -3.44. The first-order valence-electron chi connectivity index (χ1n) is 4.14.